The molecule has 6 nitrogen and oxygen atoms in total. The average molecular weight is 372 g/mol. The summed E-state index contributed by atoms with van der Waals surface area (Å²) >= 11 is 0. The summed E-state index contributed by atoms with van der Waals surface area (Å²) in [7, 11) is 2.01. The fourth-order valence-electron chi connectivity index (χ4n) is 3.83. The van der Waals surface area contributed by atoms with Crippen molar-refractivity contribution in [3.63, 3.8) is 0 Å². The first-order chi connectivity index (χ1) is 13.0. The first-order valence-corrected chi connectivity index (χ1v) is 10.1. The number of aromatic nitrogens is 2. The van der Waals surface area contributed by atoms with E-state index in [0.717, 1.165) is 30.3 Å². The van der Waals surface area contributed by atoms with Crippen molar-refractivity contribution in [2.45, 2.75) is 71.4 Å². The quantitative estimate of drug-likeness (QED) is 0.579. The third kappa shape index (κ3) is 5.37. The van der Waals surface area contributed by atoms with Gasteiger partial charge < -0.3 is 15.1 Å². The van der Waals surface area contributed by atoms with Gasteiger partial charge in [0.1, 0.15) is 5.76 Å². The Labute approximate surface area is 162 Å². The third-order valence-electron chi connectivity index (χ3n) is 5.46. The number of hydrogen-bond donors (Lipinski definition) is 2. The molecule has 148 valence electrons. The van der Waals surface area contributed by atoms with E-state index in [0.29, 0.717) is 12.6 Å². The lowest BCUT2D eigenvalue weighted by atomic mass is 10.1. The van der Waals surface area contributed by atoms with Crippen molar-refractivity contribution in [1.29, 1.82) is 0 Å². The lowest BCUT2D eigenvalue weighted by Crippen LogP contribution is -2.46. The molecule has 1 aliphatic rings. The van der Waals surface area contributed by atoms with Crippen LogP contribution in [-0.4, -0.2) is 34.4 Å². The highest BCUT2D eigenvalue weighted by molar-refractivity contribution is 5.80. The standard InChI is InChI=1S/C21H33N5O/c1-15(14-20-16(2)25-26(4)17(20)3)23-21(24-18-8-5-6-9-18)22-12-11-19-10-7-13-27-19/h7,10,13,15,18H,5-6,8-9,11-12,14H2,1-4H3,(H2,22,23,24). The van der Waals surface area contributed by atoms with Gasteiger partial charge in [0.15, 0.2) is 5.96 Å². The average Bonchev–Trinajstić information content (AvgIpc) is 3.36. The zero-order chi connectivity index (χ0) is 19.2. The number of rotatable bonds is 7. The first-order valence-electron chi connectivity index (χ1n) is 10.1. The van der Waals surface area contributed by atoms with Crippen molar-refractivity contribution in [1.82, 2.24) is 20.4 Å². The fourth-order valence-corrected chi connectivity index (χ4v) is 3.83. The summed E-state index contributed by atoms with van der Waals surface area (Å²) in [6, 6.07) is 4.75. The van der Waals surface area contributed by atoms with Crippen molar-refractivity contribution in [3.05, 3.63) is 41.1 Å². The Morgan fingerprint density at radius 3 is 2.78 bits per heavy atom. The highest BCUT2D eigenvalue weighted by atomic mass is 16.3. The SMILES string of the molecule is Cc1nn(C)c(C)c1CC(C)NC(=NCCc1ccco1)NC1CCCC1. The maximum Gasteiger partial charge on any atom is 0.191 e. The van der Waals surface area contributed by atoms with Crippen LogP contribution in [-0.2, 0) is 19.9 Å². The van der Waals surface area contributed by atoms with Crippen LogP contribution in [0, 0.1) is 13.8 Å². The van der Waals surface area contributed by atoms with Gasteiger partial charge in [-0.25, -0.2) is 0 Å². The van der Waals surface area contributed by atoms with Crippen LogP contribution in [0.2, 0.25) is 0 Å². The maximum atomic E-state index is 5.42. The molecule has 1 fully saturated rings. The van der Waals surface area contributed by atoms with Crippen LogP contribution >= 0.6 is 0 Å². The van der Waals surface area contributed by atoms with Crippen molar-refractivity contribution in [3.8, 4) is 0 Å². The molecular formula is C21H33N5O. The predicted octanol–water partition coefficient (Wildman–Crippen LogP) is 3.28. The zero-order valence-electron chi connectivity index (χ0n) is 17.1. The molecule has 2 N–H and O–H groups in total. The second kappa shape index (κ2) is 9.11. The molecule has 0 amide bonds. The first kappa shape index (κ1) is 19.5. The van der Waals surface area contributed by atoms with Gasteiger partial charge in [0.05, 0.1) is 12.0 Å². The predicted molar refractivity (Wildman–Crippen MR) is 109 cm³/mol. The number of guanidine groups is 1. The Kier molecular flexibility index (Phi) is 6.58. The summed E-state index contributed by atoms with van der Waals surface area (Å²) in [4.78, 5) is 4.81. The van der Waals surface area contributed by atoms with E-state index < -0.39 is 0 Å². The fraction of sp³-hybridized carbons (Fsp3) is 0.619. The van der Waals surface area contributed by atoms with Crippen LogP contribution in [0.1, 0.15) is 55.3 Å². The van der Waals surface area contributed by atoms with E-state index in [1.54, 1.807) is 6.26 Å². The molecule has 0 aliphatic heterocycles. The van der Waals surface area contributed by atoms with Crippen molar-refractivity contribution in [2.24, 2.45) is 12.0 Å². The van der Waals surface area contributed by atoms with Crippen LogP contribution in [0.15, 0.2) is 27.8 Å². The van der Waals surface area contributed by atoms with Gasteiger partial charge in [0.2, 0.25) is 0 Å². The summed E-state index contributed by atoms with van der Waals surface area (Å²) in [5.41, 5.74) is 3.68. The van der Waals surface area contributed by atoms with Crippen LogP contribution in [0.5, 0.6) is 0 Å². The summed E-state index contributed by atoms with van der Waals surface area (Å²) in [6.45, 7) is 7.15. The Hall–Kier alpha value is -2.24. The lowest BCUT2D eigenvalue weighted by Gasteiger charge is -2.21. The summed E-state index contributed by atoms with van der Waals surface area (Å²) in [5, 5.41) is 11.8. The van der Waals surface area contributed by atoms with Gasteiger partial charge >= 0.3 is 0 Å². The van der Waals surface area contributed by atoms with Crippen LogP contribution in [0.4, 0.5) is 0 Å². The monoisotopic (exact) mass is 371 g/mol. The minimum atomic E-state index is 0.280. The largest absolute Gasteiger partial charge is 0.469 e. The molecule has 0 spiro atoms. The molecule has 3 rings (SSSR count). The molecule has 2 aromatic heterocycles. The molecule has 1 aliphatic carbocycles. The van der Waals surface area contributed by atoms with Gasteiger partial charge in [-0.1, -0.05) is 12.8 Å². The van der Waals surface area contributed by atoms with Gasteiger partial charge in [-0.05, 0) is 57.7 Å². The number of hydrogen-bond acceptors (Lipinski definition) is 3. The second-order valence-electron chi connectivity index (χ2n) is 7.71. The van der Waals surface area contributed by atoms with Gasteiger partial charge in [0.25, 0.3) is 0 Å². The maximum absolute atomic E-state index is 5.42. The zero-order valence-corrected chi connectivity index (χ0v) is 17.1. The Morgan fingerprint density at radius 2 is 2.15 bits per heavy atom. The van der Waals surface area contributed by atoms with Crippen molar-refractivity contribution in [2.75, 3.05) is 6.54 Å². The van der Waals surface area contributed by atoms with Crippen LogP contribution < -0.4 is 10.6 Å². The van der Waals surface area contributed by atoms with Gasteiger partial charge in [-0.2, -0.15) is 5.10 Å². The second-order valence-corrected chi connectivity index (χ2v) is 7.71. The van der Waals surface area contributed by atoms with E-state index >= 15 is 0 Å². The Morgan fingerprint density at radius 1 is 1.37 bits per heavy atom. The van der Waals surface area contributed by atoms with Crippen LogP contribution in [0.3, 0.4) is 0 Å². The molecule has 1 unspecified atom stereocenters. The number of nitrogens with zero attached hydrogens (tertiary/aromatic N) is 3. The highest BCUT2D eigenvalue weighted by Gasteiger charge is 2.18. The molecular weight excluding hydrogens is 338 g/mol. The highest BCUT2D eigenvalue weighted by Crippen LogP contribution is 2.18. The molecule has 1 saturated carbocycles. The van der Waals surface area contributed by atoms with Gasteiger partial charge in [-0.3, -0.25) is 9.67 Å². The normalized spacial score (nSPS) is 16.7. The van der Waals surface area contributed by atoms with E-state index in [-0.39, 0.29) is 6.04 Å². The minimum Gasteiger partial charge on any atom is -0.469 e. The van der Waals surface area contributed by atoms with E-state index in [2.05, 4.69) is 36.5 Å². The van der Waals surface area contributed by atoms with Crippen molar-refractivity contribution >= 4 is 5.96 Å². The van der Waals surface area contributed by atoms with Gasteiger partial charge in [0, 0.05) is 37.8 Å². The third-order valence-corrected chi connectivity index (χ3v) is 5.46. The van der Waals surface area contributed by atoms with Gasteiger partial charge in [-0.15, -0.1) is 0 Å². The van der Waals surface area contributed by atoms with E-state index in [1.165, 1.54) is 36.9 Å². The molecule has 2 aromatic rings. The molecule has 2 heterocycles. The lowest BCUT2D eigenvalue weighted by molar-refractivity contribution is 0.510. The molecule has 0 bridgehead atoms. The molecule has 6 heteroatoms. The van der Waals surface area contributed by atoms with E-state index in [4.69, 9.17) is 9.41 Å². The molecule has 27 heavy (non-hydrogen) atoms. The van der Waals surface area contributed by atoms with E-state index in [9.17, 15) is 0 Å². The number of nitrogens with one attached hydrogen (secondary N) is 2. The summed E-state index contributed by atoms with van der Waals surface area (Å²) < 4.78 is 7.38. The smallest absolute Gasteiger partial charge is 0.191 e. The van der Waals surface area contributed by atoms with Crippen molar-refractivity contribution < 1.29 is 4.42 Å². The summed E-state index contributed by atoms with van der Waals surface area (Å²) in [5.74, 6) is 1.90. The number of aryl methyl sites for hydroxylation is 2. The topological polar surface area (TPSA) is 67.4 Å². The minimum absolute atomic E-state index is 0.280. The molecule has 0 saturated heterocycles. The van der Waals surface area contributed by atoms with E-state index in [1.807, 2.05) is 23.9 Å². The number of furan rings is 1. The number of aliphatic imine (C=N–C) groups is 1. The molecule has 0 aromatic carbocycles. The molecule has 1 atom stereocenters. The molecule has 0 radical (unpaired) electrons. The summed E-state index contributed by atoms with van der Waals surface area (Å²) in [6.07, 6.45) is 8.55. The Balaban J connectivity index is 1.61. The Bertz CT molecular complexity index is 741. The van der Waals surface area contributed by atoms with Crippen LogP contribution in [0.25, 0.3) is 0 Å².